The van der Waals surface area contributed by atoms with E-state index in [0.29, 0.717) is 5.82 Å². The van der Waals surface area contributed by atoms with Crippen molar-refractivity contribution in [2.24, 2.45) is 0 Å². The molecule has 0 radical (unpaired) electrons. The molecule has 4 rings (SSSR count). The number of carboxylic acid groups (broad SMARTS) is 1. The molecule has 3 heterocycles. The summed E-state index contributed by atoms with van der Waals surface area (Å²) in [5.74, 6) is -0.144. The number of imidazole rings is 2. The minimum atomic E-state index is -2.23. The second-order valence-corrected chi connectivity index (χ2v) is 10.3. The average Bonchev–Trinajstić information content (AvgIpc) is 3.43. The number of alkyl halides is 3. The molecule has 0 saturated carbocycles. The van der Waals surface area contributed by atoms with Gasteiger partial charge in [-0.2, -0.15) is 9.97 Å². The summed E-state index contributed by atoms with van der Waals surface area (Å²) in [5.41, 5.74) is 6.97. The number of benzene rings is 1. The van der Waals surface area contributed by atoms with Crippen LogP contribution in [-0.4, -0.2) is 60.4 Å². The van der Waals surface area contributed by atoms with Crippen LogP contribution in [0.5, 0.6) is 5.88 Å². The summed E-state index contributed by atoms with van der Waals surface area (Å²) < 4.78 is 6.04. The first kappa shape index (κ1) is 27.2. The van der Waals surface area contributed by atoms with Crippen molar-refractivity contribution in [3.05, 3.63) is 64.4 Å². The maximum atomic E-state index is 12.4. The highest BCUT2D eigenvalue weighted by atomic mass is 35.6. The summed E-state index contributed by atoms with van der Waals surface area (Å²) >= 11 is 18.8. The second-order valence-electron chi connectivity index (χ2n) is 7.95. The van der Waals surface area contributed by atoms with Crippen LogP contribution in [0, 0.1) is 17.0 Å². The quantitative estimate of drug-likeness (QED) is 0.166. The third-order valence-corrected chi connectivity index (χ3v) is 6.09. The number of nitrogens with two attached hydrogens (primary N) is 1. The van der Waals surface area contributed by atoms with Crippen LogP contribution in [-0.2, 0) is 13.2 Å². The zero-order chi connectivity index (χ0) is 27.6. The van der Waals surface area contributed by atoms with Crippen molar-refractivity contribution >= 4 is 63.8 Å². The smallest absolute Gasteiger partial charge is 0.409 e. The van der Waals surface area contributed by atoms with Crippen LogP contribution in [0.1, 0.15) is 17.6 Å². The Kier molecular flexibility index (Phi) is 7.76. The Hall–Kier alpha value is -3.88. The van der Waals surface area contributed by atoms with Gasteiger partial charge >= 0.3 is 11.9 Å². The molecular weight excluding hydrogens is 565 g/mol. The summed E-state index contributed by atoms with van der Waals surface area (Å²) in [5, 5.41) is 21.4. The zero-order valence-corrected chi connectivity index (χ0v) is 21.9. The maximum absolute atomic E-state index is 12.4. The Balaban J connectivity index is 1.71. The minimum absolute atomic E-state index is 0.0460. The Labute approximate surface area is 229 Å². The summed E-state index contributed by atoms with van der Waals surface area (Å²) in [6, 6.07) is 9.28. The van der Waals surface area contributed by atoms with Crippen molar-refractivity contribution in [1.82, 2.24) is 34.0 Å². The molecule has 1 atom stereocenters. The van der Waals surface area contributed by atoms with E-state index in [0.717, 1.165) is 16.7 Å². The molecule has 38 heavy (non-hydrogen) atoms. The van der Waals surface area contributed by atoms with Crippen LogP contribution in [0.2, 0.25) is 0 Å². The Bertz CT molecular complexity index is 1470. The van der Waals surface area contributed by atoms with Crippen molar-refractivity contribution in [2.45, 2.75) is 30.0 Å². The monoisotopic (exact) mass is 583 g/mol. The third-order valence-electron chi connectivity index (χ3n) is 5.51. The van der Waals surface area contributed by atoms with Gasteiger partial charge in [0.1, 0.15) is 19.3 Å². The largest absolute Gasteiger partial charge is 0.471 e. The highest BCUT2D eigenvalue weighted by molar-refractivity contribution is 6.68. The van der Waals surface area contributed by atoms with E-state index < -0.39 is 21.0 Å². The van der Waals surface area contributed by atoms with Crippen LogP contribution in [0.4, 0.5) is 16.6 Å². The number of ether oxygens (including phenoxy) is 1. The number of carbonyl (C=O) groups is 1. The fourth-order valence-corrected chi connectivity index (χ4v) is 4.47. The number of fused-ring (bicyclic) bond motifs is 1. The first-order valence-corrected chi connectivity index (χ1v) is 12.0. The predicted octanol–water partition coefficient (Wildman–Crippen LogP) is 3.95. The van der Waals surface area contributed by atoms with Crippen molar-refractivity contribution < 1.29 is 19.6 Å². The number of aromatic nitrogens is 6. The van der Waals surface area contributed by atoms with E-state index in [1.54, 1.807) is 6.92 Å². The van der Waals surface area contributed by atoms with E-state index in [9.17, 15) is 20.0 Å². The number of nitrogen functional groups attached to an aromatic ring is 1. The number of nitrogens with zero attached hydrogens (tertiary/aromatic N) is 8. The van der Waals surface area contributed by atoms with Crippen molar-refractivity contribution in [1.29, 1.82) is 0 Å². The molecule has 4 aromatic rings. The number of aryl methyl sites for hydroxylation is 1. The number of halogens is 3. The molecule has 0 fully saturated rings. The number of rotatable bonds is 9. The fourth-order valence-electron chi connectivity index (χ4n) is 3.81. The highest BCUT2D eigenvalue weighted by Gasteiger charge is 2.43. The van der Waals surface area contributed by atoms with Gasteiger partial charge < -0.3 is 25.7 Å². The second kappa shape index (κ2) is 10.8. The fraction of sp³-hybridized carbons (Fsp3) is 0.286. The molecule has 1 amide bonds. The van der Waals surface area contributed by atoms with Crippen molar-refractivity contribution in [3.63, 3.8) is 0 Å². The lowest BCUT2D eigenvalue weighted by atomic mass is 10.2. The molecule has 0 bridgehead atoms. The molecule has 0 saturated heterocycles. The minimum Gasteiger partial charge on any atom is -0.471 e. The van der Waals surface area contributed by atoms with E-state index in [1.165, 1.54) is 15.5 Å². The SMILES string of the molecule is Cc1ncc([N+](=O)[O-])n1CCN(C(=O)O)C(n1cnc2c(OCc3ccccc3)nc(N)nc21)C(Cl)(Cl)Cl. The normalized spacial score (nSPS) is 12.4. The van der Waals surface area contributed by atoms with Crippen LogP contribution < -0.4 is 10.5 Å². The van der Waals surface area contributed by atoms with E-state index in [4.69, 9.17) is 45.3 Å². The number of anilines is 1. The molecule has 1 aromatic carbocycles. The maximum Gasteiger partial charge on any atom is 0.409 e. The van der Waals surface area contributed by atoms with Crippen LogP contribution in [0.3, 0.4) is 0 Å². The lowest BCUT2D eigenvalue weighted by Gasteiger charge is -2.34. The van der Waals surface area contributed by atoms with Gasteiger partial charge in [0.25, 0.3) is 0 Å². The highest BCUT2D eigenvalue weighted by Crippen LogP contribution is 2.42. The van der Waals surface area contributed by atoms with E-state index >= 15 is 0 Å². The summed E-state index contributed by atoms with van der Waals surface area (Å²) in [6.07, 6.45) is -0.672. The number of hydrogen-bond donors (Lipinski definition) is 2. The van der Waals surface area contributed by atoms with E-state index in [2.05, 4.69) is 19.9 Å². The number of amides is 1. The molecule has 17 heteroatoms. The van der Waals surface area contributed by atoms with Gasteiger partial charge in [-0.25, -0.2) is 19.3 Å². The summed E-state index contributed by atoms with van der Waals surface area (Å²) in [4.78, 5) is 40.3. The van der Waals surface area contributed by atoms with E-state index in [-0.39, 0.29) is 48.5 Å². The van der Waals surface area contributed by atoms with Gasteiger partial charge in [-0.1, -0.05) is 65.1 Å². The predicted molar refractivity (Wildman–Crippen MR) is 138 cm³/mol. The van der Waals surface area contributed by atoms with Crippen molar-refractivity contribution in [2.75, 3.05) is 12.3 Å². The molecule has 0 aliphatic carbocycles. The molecule has 200 valence electrons. The summed E-state index contributed by atoms with van der Waals surface area (Å²) in [6.45, 7) is 1.23. The number of hydrogen-bond acceptors (Lipinski definition) is 9. The van der Waals surface area contributed by atoms with Gasteiger partial charge in [0.2, 0.25) is 15.6 Å². The lowest BCUT2D eigenvalue weighted by Crippen LogP contribution is -2.45. The van der Waals surface area contributed by atoms with Crippen LogP contribution >= 0.6 is 34.8 Å². The van der Waals surface area contributed by atoms with Gasteiger partial charge in [-0.05, 0) is 10.5 Å². The average molecular weight is 585 g/mol. The summed E-state index contributed by atoms with van der Waals surface area (Å²) in [7, 11) is 0. The molecule has 3 aromatic heterocycles. The molecule has 0 spiro atoms. The molecule has 3 N–H and O–H groups in total. The molecular formula is C21H20Cl3N9O5. The van der Waals surface area contributed by atoms with E-state index in [1.807, 2.05) is 30.3 Å². The van der Waals surface area contributed by atoms with Gasteiger partial charge in [0.05, 0.1) is 12.9 Å². The number of nitro groups is 1. The lowest BCUT2D eigenvalue weighted by molar-refractivity contribution is -0.392. The van der Waals surface area contributed by atoms with Gasteiger partial charge in [-0.15, -0.1) is 0 Å². The molecule has 14 nitrogen and oxygen atoms in total. The topological polar surface area (TPSA) is 180 Å². The Morgan fingerprint density at radius 1 is 1.26 bits per heavy atom. The first-order chi connectivity index (χ1) is 18.0. The van der Waals surface area contributed by atoms with Gasteiger partial charge in [0.15, 0.2) is 23.2 Å². The van der Waals surface area contributed by atoms with Crippen molar-refractivity contribution in [3.8, 4) is 5.88 Å². The van der Waals surface area contributed by atoms with Gasteiger partial charge in [0, 0.05) is 6.92 Å². The molecule has 1 unspecified atom stereocenters. The Morgan fingerprint density at radius 3 is 2.61 bits per heavy atom. The third kappa shape index (κ3) is 5.66. The molecule has 0 aliphatic rings. The van der Waals surface area contributed by atoms with Gasteiger partial charge in [-0.3, -0.25) is 9.47 Å². The zero-order valence-electron chi connectivity index (χ0n) is 19.6. The molecule has 0 aliphatic heterocycles. The standard InChI is InChI=1S/C21H20Cl3N9O5/c1-12-26-9-14(33(36)37)30(12)7-8-31(20(34)35)18(21(22,23)24)32-11-27-15-16(32)28-19(25)29-17(15)38-10-13-5-3-2-4-6-13/h2-6,9,11,18H,7-8,10H2,1H3,(H,34,35)(H2,25,28,29). The first-order valence-electron chi connectivity index (χ1n) is 10.9. The Morgan fingerprint density at radius 2 is 1.97 bits per heavy atom. The van der Waals surface area contributed by atoms with Crippen LogP contribution in [0.15, 0.2) is 42.9 Å². The van der Waals surface area contributed by atoms with Crippen LogP contribution in [0.25, 0.3) is 11.2 Å².